The number of anilines is 3. The van der Waals surface area contributed by atoms with Crippen molar-refractivity contribution in [1.82, 2.24) is 25.3 Å². The summed E-state index contributed by atoms with van der Waals surface area (Å²) in [6.45, 7) is 0.230. The fraction of sp³-hybridized carbons (Fsp3) is 0.167. The highest BCUT2D eigenvalue weighted by Crippen LogP contribution is 2.22. The van der Waals surface area contributed by atoms with E-state index in [1.807, 2.05) is 0 Å². The van der Waals surface area contributed by atoms with Crippen LogP contribution >= 0.6 is 11.6 Å². The van der Waals surface area contributed by atoms with Crippen LogP contribution in [0.5, 0.6) is 0 Å². The Kier molecular flexibility index (Phi) is 6.49. The van der Waals surface area contributed by atoms with Gasteiger partial charge in [0.1, 0.15) is 6.04 Å². The van der Waals surface area contributed by atoms with Crippen molar-refractivity contribution in [3.8, 4) is 0 Å². The van der Waals surface area contributed by atoms with Crippen molar-refractivity contribution in [2.24, 2.45) is 0 Å². The van der Waals surface area contributed by atoms with E-state index in [0.29, 0.717) is 16.9 Å². The van der Waals surface area contributed by atoms with Crippen LogP contribution in [-0.2, 0) is 16.1 Å². The van der Waals surface area contributed by atoms with E-state index in [4.69, 9.17) is 33.3 Å². The zero-order valence-corrected chi connectivity index (χ0v) is 17.0. The van der Waals surface area contributed by atoms with Crippen molar-refractivity contribution in [1.29, 1.82) is 0 Å². The summed E-state index contributed by atoms with van der Waals surface area (Å²) < 4.78 is 0. The first-order valence-electron chi connectivity index (χ1n) is 8.97. The van der Waals surface area contributed by atoms with Crippen LogP contribution in [0, 0.1) is 0 Å². The Bertz CT molecular complexity index is 1220. The van der Waals surface area contributed by atoms with Crippen LogP contribution in [0.1, 0.15) is 22.5 Å². The molecule has 0 aliphatic heterocycles. The number of fused-ring (bicyclic) bond motifs is 1. The minimum Gasteiger partial charge on any atom is -0.481 e. The maximum absolute atomic E-state index is 12.3. The average Bonchev–Trinajstić information content (AvgIpc) is 2.71. The molecular weight excluding hydrogens is 444 g/mol. The van der Waals surface area contributed by atoms with Crippen molar-refractivity contribution in [3.05, 3.63) is 40.7 Å². The zero-order valence-electron chi connectivity index (χ0n) is 16.2. The molecule has 0 radical (unpaired) electrons. The van der Waals surface area contributed by atoms with Gasteiger partial charge in [-0.2, -0.15) is 9.97 Å². The summed E-state index contributed by atoms with van der Waals surface area (Å²) in [7, 11) is 0. The first kappa shape index (κ1) is 22.4. The minimum atomic E-state index is -1.59. The number of carboxylic acid groups (broad SMARTS) is 2. The maximum Gasteiger partial charge on any atom is 0.326 e. The molecule has 0 spiro atoms. The molecule has 0 saturated heterocycles. The molecule has 2 aromatic heterocycles. The van der Waals surface area contributed by atoms with E-state index in [0.717, 1.165) is 0 Å². The normalized spacial score (nSPS) is 11.7. The van der Waals surface area contributed by atoms with E-state index in [1.165, 1.54) is 18.3 Å². The number of hydrogen-bond donors (Lipinski definition) is 6. The second-order valence-electron chi connectivity index (χ2n) is 6.51. The van der Waals surface area contributed by atoms with Gasteiger partial charge in [0.25, 0.3) is 5.91 Å². The second kappa shape index (κ2) is 9.26. The molecule has 3 rings (SSSR count). The Morgan fingerprint density at radius 2 is 1.88 bits per heavy atom. The average molecular weight is 461 g/mol. The van der Waals surface area contributed by atoms with Crippen LogP contribution in [0.25, 0.3) is 11.2 Å². The lowest BCUT2D eigenvalue weighted by Gasteiger charge is -2.14. The summed E-state index contributed by atoms with van der Waals surface area (Å²) in [6.07, 6.45) is 0.715. The fourth-order valence-corrected chi connectivity index (χ4v) is 2.95. The molecule has 166 valence electrons. The third-order valence-corrected chi connectivity index (χ3v) is 4.48. The quantitative estimate of drug-likeness (QED) is 0.270. The molecule has 0 aliphatic carbocycles. The number of aromatic nitrogens is 4. The third-order valence-electron chi connectivity index (χ3n) is 4.17. The largest absolute Gasteiger partial charge is 0.481 e. The lowest BCUT2D eigenvalue weighted by molar-refractivity contribution is -0.145. The number of halogens is 1. The van der Waals surface area contributed by atoms with Crippen LogP contribution in [0.3, 0.4) is 0 Å². The third kappa shape index (κ3) is 5.26. The van der Waals surface area contributed by atoms with Gasteiger partial charge in [0.2, 0.25) is 5.95 Å². The number of benzene rings is 1. The van der Waals surface area contributed by atoms with Crippen LogP contribution in [0.4, 0.5) is 17.5 Å². The van der Waals surface area contributed by atoms with E-state index in [9.17, 15) is 14.4 Å². The summed E-state index contributed by atoms with van der Waals surface area (Å²) in [6, 6.07) is 2.78. The Labute approximate surface area is 184 Å². The Morgan fingerprint density at radius 3 is 2.53 bits per heavy atom. The predicted octanol–water partition coefficient (Wildman–Crippen LogP) is 0.507. The summed E-state index contributed by atoms with van der Waals surface area (Å²) in [5.41, 5.74) is 12.9. The lowest BCUT2D eigenvalue weighted by Crippen LogP contribution is -2.42. The minimum absolute atomic E-state index is 0.00780. The van der Waals surface area contributed by atoms with E-state index < -0.39 is 30.3 Å². The molecule has 0 aliphatic rings. The standard InChI is InChI=1S/C18H17ClN8O5/c19-10-3-7(1-2-9(10)16(30)25-11(17(31)32)4-12(28)29)22-5-8-6-23-15-13(24-8)14(20)26-18(21)27-15/h1-3,6,11,22H,4-5H2,(H,25,30)(H,28,29)(H,31,32)(H4,20,21,23,26,27). The molecule has 32 heavy (non-hydrogen) atoms. The van der Waals surface area contributed by atoms with E-state index in [1.54, 1.807) is 6.07 Å². The number of aliphatic carboxylic acids is 2. The lowest BCUT2D eigenvalue weighted by atomic mass is 10.1. The number of carbonyl (C=O) groups excluding carboxylic acids is 1. The number of carboxylic acids is 2. The molecular formula is C18H17ClN8O5. The van der Waals surface area contributed by atoms with Gasteiger partial charge in [-0.15, -0.1) is 0 Å². The van der Waals surface area contributed by atoms with Crippen LogP contribution in [0.15, 0.2) is 24.4 Å². The van der Waals surface area contributed by atoms with Crippen molar-refractivity contribution in [2.45, 2.75) is 19.0 Å². The Hall–Kier alpha value is -4.26. The van der Waals surface area contributed by atoms with Gasteiger partial charge in [-0.25, -0.2) is 14.8 Å². The summed E-state index contributed by atoms with van der Waals surface area (Å²) in [5.74, 6) is -3.56. The predicted molar refractivity (Wildman–Crippen MR) is 114 cm³/mol. The second-order valence-corrected chi connectivity index (χ2v) is 6.92. The number of amides is 1. The zero-order chi connectivity index (χ0) is 23.4. The summed E-state index contributed by atoms with van der Waals surface area (Å²) >= 11 is 6.15. The van der Waals surface area contributed by atoms with Gasteiger partial charge in [-0.3, -0.25) is 9.59 Å². The SMILES string of the molecule is Nc1nc(N)c2nc(CNc3ccc(C(=O)NC(CC(=O)O)C(=O)O)c(Cl)c3)cnc2n1. The molecule has 0 bridgehead atoms. The fourth-order valence-electron chi connectivity index (χ4n) is 2.68. The Morgan fingerprint density at radius 1 is 1.12 bits per heavy atom. The molecule has 3 aromatic rings. The number of nitrogens with zero attached hydrogens (tertiary/aromatic N) is 4. The molecule has 1 atom stereocenters. The number of rotatable bonds is 8. The Balaban J connectivity index is 1.70. The van der Waals surface area contributed by atoms with Crippen molar-refractivity contribution < 1.29 is 24.6 Å². The van der Waals surface area contributed by atoms with E-state index in [-0.39, 0.29) is 34.5 Å². The molecule has 0 saturated carbocycles. The number of carbonyl (C=O) groups is 3. The highest BCUT2D eigenvalue weighted by Gasteiger charge is 2.24. The van der Waals surface area contributed by atoms with E-state index >= 15 is 0 Å². The number of hydrogen-bond acceptors (Lipinski definition) is 10. The molecule has 8 N–H and O–H groups in total. The van der Waals surface area contributed by atoms with Gasteiger partial charge >= 0.3 is 11.9 Å². The molecule has 2 heterocycles. The first-order chi connectivity index (χ1) is 15.1. The van der Waals surface area contributed by atoms with Gasteiger partial charge in [-0.05, 0) is 18.2 Å². The highest BCUT2D eigenvalue weighted by molar-refractivity contribution is 6.34. The van der Waals surface area contributed by atoms with Crippen LogP contribution in [0.2, 0.25) is 5.02 Å². The number of nitrogens with one attached hydrogen (secondary N) is 2. The number of nitrogens with two attached hydrogens (primary N) is 2. The van der Waals surface area contributed by atoms with Crippen LogP contribution < -0.4 is 22.1 Å². The summed E-state index contributed by atoms with van der Waals surface area (Å²) in [4.78, 5) is 50.5. The van der Waals surface area contributed by atoms with Gasteiger partial charge < -0.3 is 32.3 Å². The van der Waals surface area contributed by atoms with Gasteiger partial charge in [0.05, 0.1) is 35.4 Å². The maximum atomic E-state index is 12.3. The molecule has 1 aromatic carbocycles. The van der Waals surface area contributed by atoms with E-state index in [2.05, 4.69) is 30.6 Å². The molecule has 1 unspecified atom stereocenters. The smallest absolute Gasteiger partial charge is 0.326 e. The first-order valence-corrected chi connectivity index (χ1v) is 9.35. The topological polar surface area (TPSA) is 219 Å². The van der Waals surface area contributed by atoms with Crippen molar-refractivity contribution in [2.75, 3.05) is 16.8 Å². The van der Waals surface area contributed by atoms with Crippen molar-refractivity contribution in [3.63, 3.8) is 0 Å². The van der Waals surface area contributed by atoms with Gasteiger partial charge in [0.15, 0.2) is 17.0 Å². The highest BCUT2D eigenvalue weighted by atomic mass is 35.5. The van der Waals surface area contributed by atoms with Crippen LogP contribution in [-0.4, -0.2) is 54.0 Å². The molecule has 1 amide bonds. The monoisotopic (exact) mass is 460 g/mol. The molecule has 0 fully saturated rings. The van der Waals surface area contributed by atoms with Gasteiger partial charge in [0, 0.05) is 5.69 Å². The summed E-state index contributed by atoms with van der Waals surface area (Å²) in [5, 5.41) is 23.0. The van der Waals surface area contributed by atoms with Crippen molar-refractivity contribution >= 4 is 58.1 Å². The molecule has 13 nitrogen and oxygen atoms in total. The van der Waals surface area contributed by atoms with Gasteiger partial charge in [-0.1, -0.05) is 11.6 Å². The number of nitrogen functional groups attached to an aromatic ring is 2. The molecule has 14 heteroatoms.